The van der Waals surface area contributed by atoms with Gasteiger partial charge in [-0.25, -0.2) is 9.97 Å². The molecule has 0 aliphatic carbocycles. The van der Waals surface area contributed by atoms with E-state index in [1.54, 1.807) is 13.3 Å². The summed E-state index contributed by atoms with van der Waals surface area (Å²) in [7, 11) is 1.67. The summed E-state index contributed by atoms with van der Waals surface area (Å²) in [5.41, 5.74) is 6.85. The summed E-state index contributed by atoms with van der Waals surface area (Å²) in [6, 6.07) is 12.3. The maximum Gasteiger partial charge on any atom is 0.180 e. The number of ether oxygens (including phenoxy) is 1. The van der Waals surface area contributed by atoms with Gasteiger partial charge in [0.2, 0.25) is 0 Å². The number of aliphatic hydroxyl groups is 1. The van der Waals surface area contributed by atoms with Gasteiger partial charge in [-0.3, -0.25) is 4.99 Å². The van der Waals surface area contributed by atoms with E-state index in [9.17, 15) is 5.11 Å². The minimum absolute atomic E-state index is 0.293. The smallest absolute Gasteiger partial charge is 0.180 e. The van der Waals surface area contributed by atoms with Crippen LogP contribution in [0.5, 0.6) is 5.75 Å². The van der Waals surface area contributed by atoms with Crippen LogP contribution in [0.25, 0.3) is 16.9 Å². The number of aliphatic hydroxyl groups excluding tert-OH is 1. The van der Waals surface area contributed by atoms with Crippen LogP contribution in [0.2, 0.25) is 0 Å². The predicted octanol–water partition coefficient (Wildman–Crippen LogP) is 3.65. The second kappa shape index (κ2) is 7.90. The summed E-state index contributed by atoms with van der Waals surface area (Å²) in [5.74, 6) is 1.42. The van der Waals surface area contributed by atoms with Crippen molar-refractivity contribution in [1.29, 1.82) is 0 Å². The first-order valence-electron chi connectivity index (χ1n) is 11.0. The van der Waals surface area contributed by atoms with E-state index in [0.717, 1.165) is 47.0 Å². The third-order valence-electron chi connectivity index (χ3n) is 6.25. The van der Waals surface area contributed by atoms with E-state index in [1.165, 1.54) is 11.1 Å². The lowest BCUT2D eigenvalue weighted by Crippen LogP contribution is -2.21. The number of fused-ring (bicyclic) bond motifs is 2. The summed E-state index contributed by atoms with van der Waals surface area (Å²) in [6.45, 7) is 2.14. The van der Waals surface area contributed by atoms with E-state index in [0.29, 0.717) is 18.9 Å². The number of methoxy groups -OCH3 is 1. The van der Waals surface area contributed by atoms with Crippen molar-refractivity contribution in [3.8, 4) is 17.0 Å². The second-order valence-corrected chi connectivity index (χ2v) is 8.42. The predicted molar refractivity (Wildman–Crippen MR) is 129 cm³/mol. The molecule has 33 heavy (non-hydrogen) atoms. The van der Waals surface area contributed by atoms with Gasteiger partial charge in [-0.15, -0.1) is 0 Å². The van der Waals surface area contributed by atoms with Gasteiger partial charge in [-0.2, -0.15) is 0 Å². The van der Waals surface area contributed by atoms with Crippen molar-refractivity contribution in [3.05, 3.63) is 66.1 Å². The van der Waals surface area contributed by atoms with Gasteiger partial charge in [0, 0.05) is 55.2 Å². The molecular weight excluding hydrogens is 416 g/mol. The van der Waals surface area contributed by atoms with Crippen LogP contribution in [0.3, 0.4) is 0 Å². The van der Waals surface area contributed by atoms with Crippen LogP contribution in [-0.2, 0) is 6.54 Å². The first-order chi connectivity index (χ1) is 16.2. The van der Waals surface area contributed by atoms with Gasteiger partial charge in [0.25, 0.3) is 0 Å². The number of rotatable bonds is 5. The summed E-state index contributed by atoms with van der Waals surface area (Å²) in [5, 5.41) is 13.3. The number of hydrogen-bond donors (Lipinski definition) is 2. The molecule has 0 bridgehead atoms. The number of hydrogen-bond acceptors (Lipinski definition) is 7. The lowest BCUT2D eigenvalue weighted by molar-refractivity contribution is 0.198. The van der Waals surface area contributed by atoms with Crippen molar-refractivity contribution in [3.63, 3.8) is 0 Å². The normalized spacial score (nSPS) is 17.0. The molecule has 1 saturated heterocycles. The Hall–Kier alpha value is -3.91. The van der Waals surface area contributed by atoms with E-state index in [1.807, 2.05) is 41.2 Å². The minimum Gasteiger partial charge on any atom is -0.495 e. The fourth-order valence-electron chi connectivity index (χ4n) is 4.54. The highest BCUT2D eigenvalue weighted by molar-refractivity contribution is 5.86. The van der Waals surface area contributed by atoms with Crippen LogP contribution < -0.4 is 15.0 Å². The fraction of sp³-hybridized carbons (Fsp3) is 0.240. The lowest BCUT2D eigenvalue weighted by atomic mass is 10.0. The van der Waals surface area contributed by atoms with Gasteiger partial charge in [-0.05, 0) is 35.7 Å². The molecule has 2 N–H and O–H groups in total. The van der Waals surface area contributed by atoms with Crippen molar-refractivity contribution in [1.82, 2.24) is 14.4 Å². The van der Waals surface area contributed by atoms with Crippen molar-refractivity contribution in [2.45, 2.75) is 19.1 Å². The quantitative estimate of drug-likeness (QED) is 0.493. The number of nitrogens with one attached hydrogen (secondary N) is 1. The summed E-state index contributed by atoms with van der Waals surface area (Å²) < 4.78 is 7.64. The molecule has 2 aromatic heterocycles. The monoisotopic (exact) mass is 440 g/mol. The molecule has 166 valence electrons. The van der Waals surface area contributed by atoms with Gasteiger partial charge >= 0.3 is 0 Å². The molecule has 0 spiro atoms. The van der Waals surface area contributed by atoms with E-state index in [2.05, 4.69) is 38.4 Å². The molecular formula is C25H24N6O2. The Morgan fingerprint density at radius 3 is 2.97 bits per heavy atom. The Balaban J connectivity index is 1.35. The Morgan fingerprint density at radius 2 is 2.12 bits per heavy atom. The summed E-state index contributed by atoms with van der Waals surface area (Å²) >= 11 is 0. The number of imidazole rings is 1. The molecule has 8 nitrogen and oxygen atoms in total. The average Bonchev–Trinajstić information content (AvgIpc) is 3.59. The van der Waals surface area contributed by atoms with E-state index < -0.39 is 0 Å². The molecule has 2 aromatic carbocycles. The number of aromatic nitrogens is 3. The zero-order chi connectivity index (χ0) is 22.4. The zero-order valence-corrected chi connectivity index (χ0v) is 18.3. The van der Waals surface area contributed by atoms with Crippen molar-refractivity contribution in [2.24, 2.45) is 4.99 Å². The number of aliphatic imine (C=N–C) groups is 1. The summed E-state index contributed by atoms with van der Waals surface area (Å²) in [4.78, 5) is 15.9. The highest BCUT2D eigenvalue weighted by Crippen LogP contribution is 2.35. The van der Waals surface area contributed by atoms with Gasteiger partial charge in [-0.1, -0.05) is 12.1 Å². The molecule has 1 atom stereocenters. The first kappa shape index (κ1) is 19.8. The topological polar surface area (TPSA) is 87.3 Å². The number of benzene rings is 2. The SMILES string of the molecule is COc1cc(Nc2nc(-c3ccc4c(c3)CN=C4)cn3ccnc23)ccc1N1CC[C@@H](O)C1. The first-order valence-corrected chi connectivity index (χ1v) is 11.0. The third kappa shape index (κ3) is 3.58. The molecule has 0 radical (unpaired) electrons. The molecule has 2 aliphatic rings. The van der Waals surface area contributed by atoms with E-state index in [-0.39, 0.29) is 6.10 Å². The summed E-state index contributed by atoms with van der Waals surface area (Å²) in [6.07, 6.45) is 8.08. The van der Waals surface area contributed by atoms with E-state index >= 15 is 0 Å². The average molecular weight is 441 g/mol. The standard InChI is InChI=1S/C25H24N6O2/c1-33-23-11-19(4-5-22(23)30-8-6-20(32)14-30)28-24-25-27-7-9-31(25)15-21(29-24)16-2-3-17-12-26-13-18(17)10-16/h2-5,7,9-12,15,20,32H,6,8,13-14H2,1H3,(H,28,29)/t20-/m1/s1. The Labute approximate surface area is 191 Å². The van der Waals surface area contributed by atoms with Crippen LogP contribution in [0.4, 0.5) is 17.2 Å². The maximum absolute atomic E-state index is 9.91. The van der Waals surface area contributed by atoms with Crippen LogP contribution in [0, 0.1) is 0 Å². The molecule has 4 aromatic rings. The van der Waals surface area contributed by atoms with Crippen LogP contribution in [-0.4, -0.2) is 52.0 Å². The Bertz CT molecular complexity index is 1380. The largest absolute Gasteiger partial charge is 0.495 e. The molecule has 6 rings (SSSR count). The van der Waals surface area contributed by atoms with Gasteiger partial charge in [0.05, 0.1) is 31.1 Å². The number of β-amino-alcohol motifs (C(OH)–C–C–N with tert-alkyl or cyclic N) is 1. The van der Waals surface area contributed by atoms with Crippen LogP contribution in [0.15, 0.2) is 60.0 Å². The van der Waals surface area contributed by atoms with Crippen LogP contribution >= 0.6 is 0 Å². The van der Waals surface area contributed by atoms with Gasteiger partial charge < -0.3 is 24.5 Å². The van der Waals surface area contributed by atoms with Crippen molar-refractivity contribution < 1.29 is 9.84 Å². The maximum atomic E-state index is 9.91. The molecule has 8 heteroatoms. The van der Waals surface area contributed by atoms with Crippen molar-refractivity contribution in [2.75, 3.05) is 30.4 Å². The molecule has 1 fully saturated rings. The van der Waals surface area contributed by atoms with Crippen molar-refractivity contribution >= 4 is 29.1 Å². The molecule has 2 aliphatic heterocycles. The Morgan fingerprint density at radius 1 is 1.18 bits per heavy atom. The van der Waals surface area contributed by atoms with Gasteiger partial charge in [0.1, 0.15) is 5.75 Å². The number of anilines is 3. The number of nitrogens with zero attached hydrogens (tertiary/aromatic N) is 5. The molecule has 0 saturated carbocycles. The zero-order valence-electron chi connectivity index (χ0n) is 18.3. The Kier molecular flexibility index (Phi) is 4.73. The lowest BCUT2D eigenvalue weighted by Gasteiger charge is -2.21. The van der Waals surface area contributed by atoms with E-state index in [4.69, 9.17) is 9.72 Å². The fourth-order valence-corrected chi connectivity index (χ4v) is 4.54. The van der Waals surface area contributed by atoms with Gasteiger partial charge in [0.15, 0.2) is 11.5 Å². The minimum atomic E-state index is -0.293. The highest BCUT2D eigenvalue weighted by Gasteiger charge is 2.23. The molecule has 0 amide bonds. The second-order valence-electron chi connectivity index (χ2n) is 8.42. The van der Waals surface area contributed by atoms with Crippen LogP contribution in [0.1, 0.15) is 17.5 Å². The third-order valence-corrected chi connectivity index (χ3v) is 6.25. The molecule has 0 unspecified atom stereocenters. The highest BCUT2D eigenvalue weighted by atomic mass is 16.5. The molecule has 4 heterocycles.